The second kappa shape index (κ2) is 55.0. The number of ether oxygens (including phenoxy) is 4. The first-order valence-electron chi connectivity index (χ1n) is 31.0. The Balaban J connectivity index is 4.06. The molecule has 0 bridgehead atoms. The molecule has 9 heteroatoms. The maximum Gasteiger partial charge on any atom is 0.361 e. The molecule has 2 unspecified atom stereocenters. The number of aliphatic carboxylic acids is 1. The van der Waals surface area contributed by atoms with Crippen LogP contribution in [0.5, 0.6) is 0 Å². The fourth-order valence-corrected chi connectivity index (χ4v) is 9.16. The minimum Gasteiger partial charge on any atom is -0.477 e. The predicted molar refractivity (Wildman–Crippen MR) is 304 cm³/mol. The average molecular weight is 1020 g/mol. The third-order valence-corrected chi connectivity index (χ3v) is 14.0. The molecule has 0 aliphatic rings. The largest absolute Gasteiger partial charge is 0.477 e. The van der Waals surface area contributed by atoms with Crippen LogP contribution in [0.15, 0.2) is 24.3 Å². The Morgan fingerprint density at radius 1 is 0.417 bits per heavy atom. The lowest BCUT2D eigenvalue weighted by atomic mass is 10.0. The minimum absolute atomic E-state index is 0.183. The number of hydrogen-bond acceptors (Lipinski definition) is 7. The van der Waals surface area contributed by atoms with Crippen molar-refractivity contribution in [2.45, 2.75) is 315 Å². The zero-order valence-corrected chi connectivity index (χ0v) is 48.4. The molecule has 0 aromatic carbocycles. The summed E-state index contributed by atoms with van der Waals surface area (Å²) >= 11 is 0. The van der Waals surface area contributed by atoms with E-state index >= 15 is 0 Å². The van der Waals surface area contributed by atoms with Crippen LogP contribution in [0.2, 0.25) is 0 Å². The lowest BCUT2D eigenvalue weighted by Crippen LogP contribution is -2.40. The molecule has 0 aromatic heterocycles. The molecule has 0 spiro atoms. The number of unbranched alkanes of at least 4 members (excludes halogenated alkanes) is 39. The number of hydrogen-bond donors (Lipinski definition) is 1. The fourth-order valence-electron chi connectivity index (χ4n) is 9.16. The molecule has 0 rings (SSSR count). The van der Waals surface area contributed by atoms with Gasteiger partial charge in [0.15, 0.2) is 6.10 Å². The lowest BCUT2D eigenvalue weighted by molar-refractivity contribution is -0.870. The van der Waals surface area contributed by atoms with E-state index in [0.29, 0.717) is 23.9 Å². The molecule has 0 heterocycles. The van der Waals surface area contributed by atoms with Gasteiger partial charge in [-0.05, 0) is 44.9 Å². The van der Waals surface area contributed by atoms with E-state index in [4.69, 9.17) is 18.9 Å². The number of carbonyl (C=O) groups is 3. The van der Waals surface area contributed by atoms with Crippen molar-refractivity contribution in [3.8, 4) is 0 Å². The summed E-state index contributed by atoms with van der Waals surface area (Å²) in [7, 11) is 5.97. The van der Waals surface area contributed by atoms with Gasteiger partial charge in [0, 0.05) is 12.8 Å². The van der Waals surface area contributed by atoms with Crippen LogP contribution in [0, 0.1) is 0 Å². The van der Waals surface area contributed by atoms with Crippen LogP contribution in [-0.2, 0) is 33.3 Å². The summed E-state index contributed by atoms with van der Waals surface area (Å²) in [6.07, 6.45) is 62.8. The van der Waals surface area contributed by atoms with Gasteiger partial charge in [0.2, 0.25) is 0 Å². The van der Waals surface area contributed by atoms with E-state index in [2.05, 4.69) is 38.2 Å². The summed E-state index contributed by atoms with van der Waals surface area (Å²) in [6.45, 7) is 4.89. The van der Waals surface area contributed by atoms with Crippen LogP contribution in [0.3, 0.4) is 0 Å². The molecule has 1 N–H and O–H groups in total. The number of nitrogens with zero attached hydrogens (tertiary/aromatic N) is 1. The number of rotatable bonds is 58. The van der Waals surface area contributed by atoms with E-state index in [-0.39, 0.29) is 32.2 Å². The fraction of sp³-hybridized carbons (Fsp3) is 0.889. The molecule has 0 amide bonds. The van der Waals surface area contributed by atoms with Crippen LogP contribution < -0.4 is 0 Å². The Hall–Kier alpha value is -2.23. The third kappa shape index (κ3) is 55.5. The standard InChI is InChI=1S/C63H119NO8/c1-6-8-10-12-14-16-18-20-22-24-25-26-27-28-29-30-31-32-33-34-35-36-37-38-40-41-43-45-47-49-51-53-60(65)70-57-59(58-71-63(62(67)68)69-56-55-64(3,4)5)72-61(66)54-52-50-48-46-44-42-39-23-21-19-17-15-13-11-9-7-2/h17,19,23,39,59,63H,6-16,18,20-22,24-38,40-58H2,1-5H3/p+1/b19-17-,39-23-. The van der Waals surface area contributed by atoms with Gasteiger partial charge in [-0.25, -0.2) is 4.79 Å². The van der Waals surface area contributed by atoms with Gasteiger partial charge in [0.1, 0.15) is 13.2 Å². The molecular weight excluding hydrogens is 899 g/mol. The maximum atomic E-state index is 12.8. The van der Waals surface area contributed by atoms with Crippen LogP contribution in [0.25, 0.3) is 0 Å². The molecule has 0 saturated heterocycles. The molecule has 0 saturated carbocycles. The molecule has 72 heavy (non-hydrogen) atoms. The maximum absolute atomic E-state index is 12.8. The summed E-state index contributed by atoms with van der Waals surface area (Å²) in [5.74, 6) is -2.00. The van der Waals surface area contributed by atoms with Crippen LogP contribution in [0.1, 0.15) is 303 Å². The normalized spacial score (nSPS) is 12.8. The van der Waals surface area contributed by atoms with Gasteiger partial charge in [0.25, 0.3) is 6.29 Å². The molecule has 0 radical (unpaired) electrons. The number of likely N-dealkylation sites (N-methyl/N-ethyl adjacent to an activating group) is 1. The molecule has 2 atom stereocenters. The number of esters is 2. The van der Waals surface area contributed by atoms with Crippen molar-refractivity contribution in [3.05, 3.63) is 24.3 Å². The van der Waals surface area contributed by atoms with E-state index in [1.807, 2.05) is 21.1 Å². The first kappa shape index (κ1) is 69.8. The first-order chi connectivity index (χ1) is 35.1. The van der Waals surface area contributed by atoms with Crippen molar-refractivity contribution in [2.75, 3.05) is 47.5 Å². The number of carboxylic acids is 1. The highest BCUT2D eigenvalue weighted by Gasteiger charge is 2.25. The summed E-state index contributed by atoms with van der Waals surface area (Å²) in [4.78, 5) is 37.4. The van der Waals surface area contributed by atoms with Gasteiger partial charge in [-0.2, -0.15) is 0 Å². The summed E-state index contributed by atoms with van der Waals surface area (Å²) < 4.78 is 22.9. The van der Waals surface area contributed by atoms with Crippen molar-refractivity contribution in [1.82, 2.24) is 0 Å². The molecule has 424 valence electrons. The topological polar surface area (TPSA) is 108 Å². The molecule has 0 fully saturated rings. The lowest BCUT2D eigenvalue weighted by Gasteiger charge is -2.25. The predicted octanol–water partition coefficient (Wildman–Crippen LogP) is 18.3. The highest BCUT2D eigenvalue weighted by Crippen LogP contribution is 2.18. The molecule has 0 aromatic rings. The zero-order chi connectivity index (χ0) is 52.7. The van der Waals surface area contributed by atoms with Crippen LogP contribution >= 0.6 is 0 Å². The van der Waals surface area contributed by atoms with Gasteiger partial charge in [-0.15, -0.1) is 0 Å². The minimum atomic E-state index is -1.51. The van der Waals surface area contributed by atoms with Crippen molar-refractivity contribution >= 4 is 17.9 Å². The number of allylic oxidation sites excluding steroid dienone is 4. The Morgan fingerprint density at radius 2 is 0.750 bits per heavy atom. The highest BCUT2D eigenvalue weighted by atomic mass is 16.7. The van der Waals surface area contributed by atoms with Gasteiger partial charge < -0.3 is 28.5 Å². The summed E-state index contributed by atoms with van der Waals surface area (Å²) in [5, 5.41) is 9.70. The van der Waals surface area contributed by atoms with Gasteiger partial charge in [0.05, 0.1) is 34.4 Å². The Kier molecular flexibility index (Phi) is 53.3. The molecule has 0 aliphatic carbocycles. The SMILES string of the molecule is CCCCCC/C=C\C/C=C\CCCCCCCC(=O)OC(COC(=O)CCCCCCCCCCCCCCCCCCCCCCCCCCCCCCCCC)COC(OCC[N+](C)(C)C)C(=O)O. The van der Waals surface area contributed by atoms with E-state index in [0.717, 1.165) is 57.8 Å². The molecule has 0 aliphatic heterocycles. The van der Waals surface area contributed by atoms with E-state index < -0.39 is 24.3 Å². The van der Waals surface area contributed by atoms with Crippen molar-refractivity contribution in [3.63, 3.8) is 0 Å². The Bertz CT molecular complexity index is 1230. The Labute approximate surface area is 446 Å². The third-order valence-electron chi connectivity index (χ3n) is 14.0. The van der Waals surface area contributed by atoms with Crippen molar-refractivity contribution in [1.29, 1.82) is 0 Å². The summed E-state index contributed by atoms with van der Waals surface area (Å²) in [6, 6.07) is 0. The average Bonchev–Trinajstić information content (AvgIpc) is 3.35. The number of carboxylic acid groups (broad SMARTS) is 1. The van der Waals surface area contributed by atoms with Gasteiger partial charge >= 0.3 is 17.9 Å². The Morgan fingerprint density at radius 3 is 1.11 bits per heavy atom. The smallest absolute Gasteiger partial charge is 0.361 e. The first-order valence-corrected chi connectivity index (χ1v) is 31.0. The zero-order valence-electron chi connectivity index (χ0n) is 48.4. The molecule has 9 nitrogen and oxygen atoms in total. The quantitative estimate of drug-likeness (QED) is 0.0211. The van der Waals surface area contributed by atoms with E-state index in [1.54, 1.807) is 0 Å². The van der Waals surface area contributed by atoms with Crippen LogP contribution in [-0.4, -0.2) is 87.4 Å². The van der Waals surface area contributed by atoms with Gasteiger partial charge in [-0.3, -0.25) is 9.59 Å². The number of carbonyl (C=O) groups excluding carboxylic acids is 2. The van der Waals surface area contributed by atoms with Gasteiger partial charge in [-0.1, -0.05) is 269 Å². The highest BCUT2D eigenvalue weighted by molar-refractivity contribution is 5.71. The van der Waals surface area contributed by atoms with Crippen molar-refractivity contribution < 1.29 is 42.9 Å². The summed E-state index contributed by atoms with van der Waals surface area (Å²) in [5.41, 5.74) is 0. The number of quaternary nitrogens is 1. The van der Waals surface area contributed by atoms with Crippen LogP contribution in [0.4, 0.5) is 0 Å². The monoisotopic (exact) mass is 1020 g/mol. The molecular formula is C63H120NO8+. The van der Waals surface area contributed by atoms with E-state index in [1.165, 1.54) is 212 Å². The van der Waals surface area contributed by atoms with E-state index in [9.17, 15) is 19.5 Å². The second-order valence-electron chi connectivity index (χ2n) is 22.4. The van der Waals surface area contributed by atoms with Crippen molar-refractivity contribution in [2.24, 2.45) is 0 Å². The second-order valence-corrected chi connectivity index (χ2v) is 22.4.